The van der Waals surface area contributed by atoms with Crippen LogP contribution in [0.25, 0.3) is 0 Å². The monoisotopic (exact) mass is 241 g/mol. The molecular formula is C12H23N3O2. The van der Waals surface area contributed by atoms with Crippen LogP contribution in [0.4, 0.5) is 0 Å². The van der Waals surface area contributed by atoms with Gasteiger partial charge in [-0.3, -0.25) is 9.69 Å². The summed E-state index contributed by atoms with van der Waals surface area (Å²) in [5.41, 5.74) is -0.686. The van der Waals surface area contributed by atoms with Crippen LogP contribution in [0.1, 0.15) is 13.8 Å². The molecule has 0 unspecified atom stereocenters. The molecule has 0 aromatic heterocycles. The van der Waals surface area contributed by atoms with Gasteiger partial charge >= 0.3 is 0 Å². The molecule has 2 saturated heterocycles. The van der Waals surface area contributed by atoms with Crippen LogP contribution in [0.2, 0.25) is 0 Å². The Hall–Kier alpha value is -0.650. The fraction of sp³-hybridized carbons (Fsp3) is 0.917. The van der Waals surface area contributed by atoms with E-state index in [4.69, 9.17) is 4.74 Å². The average Bonchev–Trinajstić information content (AvgIpc) is 2.28. The molecule has 2 rings (SSSR count). The molecule has 1 N–H and O–H groups in total. The minimum absolute atomic E-state index is 0.103. The summed E-state index contributed by atoms with van der Waals surface area (Å²) in [4.78, 5) is 16.4. The van der Waals surface area contributed by atoms with E-state index in [-0.39, 0.29) is 5.91 Å². The zero-order valence-electron chi connectivity index (χ0n) is 11.0. The van der Waals surface area contributed by atoms with Crippen molar-refractivity contribution in [2.45, 2.75) is 25.5 Å². The summed E-state index contributed by atoms with van der Waals surface area (Å²) >= 11 is 0. The highest BCUT2D eigenvalue weighted by Crippen LogP contribution is 2.21. The quantitative estimate of drug-likeness (QED) is 0.725. The number of methoxy groups -OCH3 is 1. The van der Waals surface area contributed by atoms with Crippen molar-refractivity contribution in [2.75, 3.05) is 46.4 Å². The van der Waals surface area contributed by atoms with Gasteiger partial charge in [0.05, 0.1) is 0 Å². The molecule has 2 fully saturated rings. The first-order valence-corrected chi connectivity index (χ1v) is 6.34. The molecule has 0 aliphatic carbocycles. The molecule has 0 aromatic carbocycles. The number of nitrogens with one attached hydrogen (secondary N) is 1. The van der Waals surface area contributed by atoms with Crippen molar-refractivity contribution in [3.63, 3.8) is 0 Å². The predicted molar refractivity (Wildman–Crippen MR) is 65.9 cm³/mol. The van der Waals surface area contributed by atoms with E-state index >= 15 is 0 Å². The highest BCUT2D eigenvalue weighted by molar-refractivity contribution is 5.85. The third kappa shape index (κ3) is 2.61. The molecule has 0 radical (unpaired) electrons. The smallest absolute Gasteiger partial charge is 0.254 e. The summed E-state index contributed by atoms with van der Waals surface area (Å²) in [5, 5.41) is 3.34. The summed E-state index contributed by atoms with van der Waals surface area (Å²) in [6.07, 6.45) is 0. The summed E-state index contributed by atoms with van der Waals surface area (Å²) in [7, 11) is 1.59. The zero-order valence-corrected chi connectivity index (χ0v) is 11.0. The van der Waals surface area contributed by atoms with Gasteiger partial charge < -0.3 is 15.0 Å². The Bertz CT molecular complexity index is 281. The molecule has 0 saturated carbocycles. The third-order valence-corrected chi connectivity index (χ3v) is 3.84. The largest absolute Gasteiger partial charge is 0.369 e. The Morgan fingerprint density at radius 3 is 2.41 bits per heavy atom. The van der Waals surface area contributed by atoms with Gasteiger partial charge in [0.1, 0.15) is 5.60 Å². The molecule has 5 heteroatoms. The van der Waals surface area contributed by atoms with Crippen molar-refractivity contribution in [3.8, 4) is 0 Å². The molecule has 0 aromatic rings. The van der Waals surface area contributed by atoms with Crippen LogP contribution in [0, 0.1) is 0 Å². The molecule has 17 heavy (non-hydrogen) atoms. The van der Waals surface area contributed by atoms with Gasteiger partial charge in [0, 0.05) is 52.4 Å². The molecule has 2 aliphatic rings. The summed E-state index contributed by atoms with van der Waals surface area (Å²) in [6.45, 7) is 9.68. The number of ether oxygens (including phenoxy) is 1. The van der Waals surface area contributed by atoms with Crippen LogP contribution in [0.15, 0.2) is 0 Å². The van der Waals surface area contributed by atoms with E-state index in [2.05, 4.69) is 10.2 Å². The lowest BCUT2D eigenvalue weighted by Crippen LogP contribution is -2.66. The lowest BCUT2D eigenvalue weighted by atomic mass is 10.0. The van der Waals surface area contributed by atoms with Crippen LogP contribution in [0.3, 0.4) is 0 Å². The zero-order chi connectivity index (χ0) is 12.5. The number of amides is 1. The van der Waals surface area contributed by atoms with Crippen LogP contribution >= 0.6 is 0 Å². The number of hydrogen-bond donors (Lipinski definition) is 1. The fourth-order valence-corrected chi connectivity index (χ4v) is 2.37. The van der Waals surface area contributed by atoms with E-state index in [1.54, 1.807) is 7.11 Å². The van der Waals surface area contributed by atoms with Crippen molar-refractivity contribution in [1.82, 2.24) is 15.1 Å². The van der Waals surface area contributed by atoms with E-state index in [1.165, 1.54) is 0 Å². The Morgan fingerprint density at radius 1 is 1.29 bits per heavy atom. The van der Waals surface area contributed by atoms with E-state index in [1.807, 2.05) is 18.7 Å². The van der Waals surface area contributed by atoms with E-state index in [0.29, 0.717) is 6.04 Å². The maximum absolute atomic E-state index is 12.1. The highest BCUT2D eigenvalue weighted by atomic mass is 16.5. The second-order valence-electron chi connectivity index (χ2n) is 5.36. The van der Waals surface area contributed by atoms with Crippen molar-refractivity contribution in [2.24, 2.45) is 0 Å². The molecule has 0 atom stereocenters. The lowest BCUT2D eigenvalue weighted by molar-refractivity contribution is -0.158. The van der Waals surface area contributed by atoms with E-state index in [9.17, 15) is 4.79 Å². The maximum Gasteiger partial charge on any atom is 0.254 e. The lowest BCUT2D eigenvalue weighted by Gasteiger charge is -2.48. The van der Waals surface area contributed by atoms with Crippen LogP contribution < -0.4 is 5.32 Å². The third-order valence-electron chi connectivity index (χ3n) is 3.84. The number of carbonyl (C=O) groups is 1. The predicted octanol–water partition coefficient (Wildman–Crippen LogP) is -0.473. The number of piperazine rings is 1. The average molecular weight is 241 g/mol. The topological polar surface area (TPSA) is 44.8 Å². The van der Waals surface area contributed by atoms with Crippen LogP contribution in [0.5, 0.6) is 0 Å². The van der Waals surface area contributed by atoms with Gasteiger partial charge in [0.2, 0.25) is 0 Å². The number of likely N-dealkylation sites (tertiary alicyclic amines) is 1. The molecule has 2 heterocycles. The second kappa shape index (κ2) is 4.92. The highest BCUT2D eigenvalue weighted by Gasteiger charge is 2.40. The standard InChI is InChI=1S/C12H23N3O2/c1-12(2,17-3)11(16)15-8-10(9-15)14-6-4-13-5-7-14/h10,13H,4-9H2,1-3H3. The SMILES string of the molecule is COC(C)(C)C(=O)N1CC(N2CCNCC2)C1. The summed E-state index contributed by atoms with van der Waals surface area (Å²) in [6, 6.07) is 0.550. The van der Waals surface area contributed by atoms with E-state index in [0.717, 1.165) is 39.3 Å². The first kappa shape index (κ1) is 12.8. The van der Waals surface area contributed by atoms with Crippen LogP contribution in [-0.4, -0.2) is 73.7 Å². The Morgan fingerprint density at radius 2 is 1.88 bits per heavy atom. The number of rotatable bonds is 3. The van der Waals surface area contributed by atoms with Gasteiger partial charge in [-0.25, -0.2) is 0 Å². The molecule has 0 spiro atoms. The van der Waals surface area contributed by atoms with Crippen molar-refractivity contribution in [3.05, 3.63) is 0 Å². The van der Waals surface area contributed by atoms with Crippen LogP contribution in [-0.2, 0) is 9.53 Å². The van der Waals surface area contributed by atoms with Gasteiger partial charge in [0.25, 0.3) is 5.91 Å². The minimum atomic E-state index is -0.686. The van der Waals surface area contributed by atoms with Gasteiger partial charge in [-0.1, -0.05) is 0 Å². The molecule has 2 aliphatic heterocycles. The van der Waals surface area contributed by atoms with Crippen molar-refractivity contribution in [1.29, 1.82) is 0 Å². The van der Waals surface area contributed by atoms with Gasteiger partial charge in [-0.05, 0) is 13.8 Å². The number of carbonyl (C=O) groups excluding carboxylic acids is 1. The second-order valence-corrected chi connectivity index (χ2v) is 5.36. The van der Waals surface area contributed by atoms with Gasteiger partial charge in [0.15, 0.2) is 0 Å². The molecule has 5 nitrogen and oxygen atoms in total. The minimum Gasteiger partial charge on any atom is -0.369 e. The first-order chi connectivity index (χ1) is 8.04. The molecule has 0 bridgehead atoms. The van der Waals surface area contributed by atoms with Gasteiger partial charge in [-0.2, -0.15) is 0 Å². The summed E-state index contributed by atoms with van der Waals surface area (Å²) < 4.78 is 5.22. The van der Waals surface area contributed by atoms with E-state index < -0.39 is 5.60 Å². The van der Waals surface area contributed by atoms with Gasteiger partial charge in [-0.15, -0.1) is 0 Å². The van der Waals surface area contributed by atoms with Crippen molar-refractivity contribution >= 4 is 5.91 Å². The molecule has 1 amide bonds. The Balaban J connectivity index is 1.80. The molecule has 98 valence electrons. The Labute approximate surface area is 103 Å². The normalized spacial score (nSPS) is 23.6. The van der Waals surface area contributed by atoms with Crippen molar-refractivity contribution < 1.29 is 9.53 Å². The number of nitrogens with zero attached hydrogens (tertiary/aromatic N) is 2. The first-order valence-electron chi connectivity index (χ1n) is 6.34. The fourth-order valence-electron chi connectivity index (χ4n) is 2.37. The molecular weight excluding hydrogens is 218 g/mol. The summed E-state index contributed by atoms with van der Waals surface area (Å²) in [5.74, 6) is 0.103. The maximum atomic E-state index is 12.1. The number of hydrogen-bond acceptors (Lipinski definition) is 4. The Kier molecular flexibility index (Phi) is 3.70.